The number of thioether (sulfide) groups is 1. The van der Waals surface area contributed by atoms with Gasteiger partial charge in [-0.1, -0.05) is 32.9 Å². The van der Waals surface area contributed by atoms with Crippen LogP contribution in [0.4, 0.5) is 0 Å². The minimum absolute atomic E-state index is 0.713. The molecule has 20 heavy (non-hydrogen) atoms. The van der Waals surface area contributed by atoms with Gasteiger partial charge in [0, 0.05) is 12.2 Å². The van der Waals surface area contributed by atoms with Crippen molar-refractivity contribution in [1.82, 2.24) is 10.2 Å². The summed E-state index contributed by atoms with van der Waals surface area (Å²) in [6.07, 6.45) is 10.8. The number of nitrogens with one attached hydrogen (secondary N) is 1. The van der Waals surface area contributed by atoms with E-state index in [2.05, 4.69) is 67.4 Å². The molecule has 1 N–H and O–H groups in total. The average Bonchev–Trinajstić information content (AvgIpc) is 2.48. The van der Waals surface area contributed by atoms with Crippen LogP contribution in [0, 0.1) is 0 Å². The van der Waals surface area contributed by atoms with Crippen molar-refractivity contribution in [3.05, 3.63) is 23.9 Å². The lowest BCUT2D eigenvalue weighted by Gasteiger charge is -2.25. The van der Waals surface area contributed by atoms with Crippen LogP contribution in [-0.2, 0) is 0 Å². The molecule has 0 aliphatic heterocycles. The smallest absolute Gasteiger partial charge is 0.0894 e. The van der Waals surface area contributed by atoms with Crippen molar-refractivity contribution >= 4 is 16.8 Å². The Balaban J connectivity index is 4.73. The maximum absolute atomic E-state index is 4.61. The first-order chi connectivity index (χ1) is 9.73. The summed E-state index contributed by atoms with van der Waals surface area (Å²) in [5.41, 5.74) is 1.38. The van der Waals surface area contributed by atoms with E-state index in [1.54, 1.807) is 11.8 Å². The second-order valence-corrected chi connectivity index (χ2v) is 5.26. The molecule has 0 radical (unpaired) electrons. The second kappa shape index (κ2) is 13.3. The van der Waals surface area contributed by atoms with E-state index in [1.165, 1.54) is 10.7 Å². The fourth-order valence-corrected chi connectivity index (χ4v) is 2.26. The van der Waals surface area contributed by atoms with Crippen molar-refractivity contribution in [1.29, 1.82) is 0 Å². The maximum atomic E-state index is 4.61. The third kappa shape index (κ3) is 8.43. The first-order valence-corrected chi connectivity index (χ1v) is 8.84. The summed E-state index contributed by atoms with van der Waals surface area (Å²) in [5.74, 6) is 0. The molecule has 0 spiro atoms. The quantitative estimate of drug-likeness (QED) is 0.287. The Bertz CT molecular complexity index is 322. The van der Waals surface area contributed by atoms with Gasteiger partial charge in [0.1, 0.15) is 0 Å². The van der Waals surface area contributed by atoms with Crippen LogP contribution in [0.25, 0.3) is 0 Å². The molecule has 0 bridgehead atoms. The Morgan fingerprint density at radius 2 is 2.00 bits per heavy atom. The van der Waals surface area contributed by atoms with Crippen LogP contribution in [0.15, 0.2) is 28.9 Å². The van der Waals surface area contributed by atoms with Gasteiger partial charge in [0.15, 0.2) is 0 Å². The van der Waals surface area contributed by atoms with Crippen LogP contribution in [0.5, 0.6) is 0 Å². The summed E-state index contributed by atoms with van der Waals surface area (Å²) in [7, 11) is 0. The molecule has 4 heteroatoms. The predicted octanol–water partition coefficient (Wildman–Crippen LogP) is 3.90. The lowest BCUT2D eigenvalue weighted by Crippen LogP contribution is -2.28. The van der Waals surface area contributed by atoms with E-state index < -0.39 is 0 Å². The number of rotatable bonds is 10. The number of nitrogens with zero attached hydrogens (tertiary/aromatic N) is 2. The number of hydrogen-bond acceptors (Lipinski definition) is 4. The van der Waals surface area contributed by atoms with Crippen molar-refractivity contribution in [3.8, 4) is 0 Å². The topological polar surface area (TPSA) is 27.6 Å². The minimum Gasteiger partial charge on any atom is -0.369 e. The van der Waals surface area contributed by atoms with Gasteiger partial charge in [-0.05, 0) is 38.6 Å². The fraction of sp³-hybridized carbons (Fsp3) is 0.688. The summed E-state index contributed by atoms with van der Waals surface area (Å²) >= 11 is 1.74. The molecule has 3 nitrogen and oxygen atoms in total. The Morgan fingerprint density at radius 3 is 2.50 bits per heavy atom. The molecule has 0 aromatic heterocycles. The van der Waals surface area contributed by atoms with Crippen molar-refractivity contribution < 1.29 is 0 Å². The highest BCUT2D eigenvalue weighted by Gasteiger charge is 2.08. The van der Waals surface area contributed by atoms with Gasteiger partial charge >= 0.3 is 0 Å². The first-order valence-electron chi connectivity index (χ1n) is 7.61. The van der Waals surface area contributed by atoms with Crippen molar-refractivity contribution in [2.24, 2.45) is 4.99 Å². The van der Waals surface area contributed by atoms with E-state index in [-0.39, 0.29) is 0 Å². The molecule has 0 atom stereocenters. The fourth-order valence-electron chi connectivity index (χ4n) is 1.78. The average molecular weight is 298 g/mol. The van der Waals surface area contributed by atoms with Gasteiger partial charge in [0.05, 0.1) is 18.3 Å². The lowest BCUT2D eigenvalue weighted by atomic mass is 10.2. The number of aliphatic imine (C=N–C) groups is 1. The van der Waals surface area contributed by atoms with Crippen LogP contribution in [-0.4, -0.2) is 42.5 Å². The van der Waals surface area contributed by atoms with Crippen LogP contribution in [0.1, 0.15) is 40.5 Å². The van der Waals surface area contributed by atoms with Gasteiger partial charge < -0.3 is 4.90 Å². The molecule has 0 aliphatic carbocycles. The van der Waals surface area contributed by atoms with E-state index in [0.29, 0.717) is 6.67 Å². The zero-order valence-electron chi connectivity index (χ0n) is 13.8. The summed E-state index contributed by atoms with van der Waals surface area (Å²) in [4.78, 5) is 7.02. The Hall–Kier alpha value is -0.740. The molecule has 0 aromatic rings. The molecule has 0 fully saturated rings. The van der Waals surface area contributed by atoms with Crippen molar-refractivity contribution in [2.45, 2.75) is 40.5 Å². The molecule has 0 amide bonds. The second-order valence-electron chi connectivity index (χ2n) is 4.38. The van der Waals surface area contributed by atoms with E-state index >= 15 is 0 Å². The molecule has 0 unspecified atom stereocenters. The van der Waals surface area contributed by atoms with Gasteiger partial charge in [-0.15, -0.1) is 11.8 Å². The standard InChI is InChI=1S/C16H31N3S/c1-6-10-11-12-15(7-2)19(9-4)13-16(20-5)18-14-17-8-3/h10-12,17H,6-9,13-14H2,1-5H3. The Kier molecular flexibility index (Phi) is 12.8. The molecule has 0 aliphatic rings. The molecule has 116 valence electrons. The Morgan fingerprint density at radius 1 is 1.25 bits per heavy atom. The molecular weight excluding hydrogens is 266 g/mol. The van der Waals surface area contributed by atoms with E-state index in [4.69, 9.17) is 0 Å². The van der Waals surface area contributed by atoms with Gasteiger partial charge in [0.2, 0.25) is 0 Å². The van der Waals surface area contributed by atoms with Crippen molar-refractivity contribution in [2.75, 3.05) is 32.6 Å². The van der Waals surface area contributed by atoms with Crippen LogP contribution in [0.2, 0.25) is 0 Å². The van der Waals surface area contributed by atoms with Crippen LogP contribution < -0.4 is 5.32 Å². The molecular formula is C16H31N3S. The monoisotopic (exact) mass is 297 g/mol. The highest BCUT2D eigenvalue weighted by Crippen LogP contribution is 2.12. The largest absolute Gasteiger partial charge is 0.369 e. The van der Waals surface area contributed by atoms with Crippen LogP contribution >= 0.6 is 11.8 Å². The summed E-state index contributed by atoms with van der Waals surface area (Å²) in [6, 6.07) is 0. The zero-order chi connectivity index (χ0) is 15.2. The SMILES string of the molecule is CCC=CC=C(CC)N(CC)CC(=NCNCC)SC. The highest BCUT2D eigenvalue weighted by atomic mass is 32.2. The van der Waals surface area contributed by atoms with Gasteiger partial charge in [-0.2, -0.15) is 0 Å². The normalized spacial score (nSPS) is 13.2. The molecule has 0 rings (SSSR count). The summed E-state index contributed by atoms with van der Waals surface area (Å²) < 4.78 is 0. The zero-order valence-corrected chi connectivity index (χ0v) is 14.6. The predicted molar refractivity (Wildman–Crippen MR) is 94.5 cm³/mol. The lowest BCUT2D eigenvalue weighted by molar-refractivity contribution is 0.401. The van der Waals surface area contributed by atoms with Gasteiger partial charge in [-0.25, -0.2) is 0 Å². The number of hydrogen-bond donors (Lipinski definition) is 1. The van der Waals surface area contributed by atoms with Crippen LogP contribution in [0.3, 0.4) is 0 Å². The molecule has 0 aromatic carbocycles. The van der Waals surface area contributed by atoms with Gasteiger partial charge in [-0.3, -0.25) is 10.3 Å². The maximum Gasteiger partial charge on any atom is 0.0894 e. The Labute approximate surface area is 129 Å². The third-order valence-electron chi connectivity index (χ3n) is 2.99. The number of allylic oxidation sites excluding steroid dienone is 4. The third-order valence-corrected chi connectivity index (χ3v) is 3.72. The summed E-state index contributed by atoms with van der Waals surface area (Å²) in [6.45, 7) is 12.3. The van der Waals surface area contributed by atoms with Gasteiger partial charge in [0.25, 0.3) is 0 Å². The van der Waals surface area contributed by atoms with Crippen molar-refractivity contribution in [3.63, 3.8) is 0 Å². The molecule has 0 saturated heterocycles. The minimum atomic E-state index is 0.713. The van der Waals surface area contributed by atoms with E-state index in [1.807, 2.05) is 0 Å². The summed E-state index contributed by atoms with van der Waals surface area (Å²) in [5, 5.41) is 4.43. The molecule has 0 heterocycles. The van der Waals surface area contributed by atoms with E-state index in [0.717, 1.165) is 32.5 Å². The van der Waals surface area contributed by atoms with E-state index in [9.17, 15) is 0 Å². The first kappa shape index (κ1) is 19.3. The highest BCUT2D eigenvalue weighted by molar-refractivity contribution is 8.13. The molecule has 0 saturated carbocycles.